The predicted octanol–water partition coefficient (Wildman–Crippen LogP) is 1.79. The van der Waals surface area contributed by atoms with Crippen molar-refractivity contribution in [1.82, 2.24) is 9.80 Å². The summed E-state index contributed by atoms with van der Waals surface area (Å²) in [7, 11) is 0. The van der Waals surface area contributed by atoms with Gasteiger partial charge in [-0.25, -0.2) is 0 Å². The topological polar surface area (TPSA) is 75.9 Å². The molecule has 8 heteroatoms. The van der Waals surface area contributed by atoms with Gasteiger partial charge < -0.3 is 20.3 Å². The van der Waals surface area contributed by atoms with Crippen molar-refractivity contribution in [3.63, 3.8) is 0 Å². The second kappa shape index (κ2) is 7.50. The van der Waals surface area contributed by atoms with Crippen LogP contribution in [0.4, 0.5) is 0 Å². The molecule has 1 aromatic rings. The van der Waals surface area contributed by atoms with Gasteiger partial charge in [0.2, 0.25) is 5.91 Å². The Morgan fingerprint density at radius 1 is 0.960 bits per heavy atom. The standard InChI is InChI=1S/C17H21Cl2N3O3/c18-13-9-12(10-14(19)11-13)15(23)21-3-5-22(6-4-21)16(24)17(20)1-7-25-8-2-17/h9-11H,1-8,20H2. The normalized spacial score (nSPS) is 20.4. The summed E-state index contributed by atoms with van der Waals surface area (Å²) in [5.41, 5.74) is 5.88. The quantitative estimate of drug-likeness (QED) is 0.841. The Balaban J connectivity index is 1.61. The monoisotopic (exact) mass is 385 g/mol. The average Bonchev–Trinajstić information content (AvgIpc) is 2.60. The molecule has 2 aliphatic heterocycles. The number of halogens is 2. The summed E-state index contributed by atoms with van der Waals surface area (Å²) < 4.78 is 5.29. The molecule has 2 N–H and O–H groups in total. The van der Waals surface area contributed by atoms with Gasteiger partial charge in [0.1, 0.15) is 0 Å². The van der Waals surface area contributed by atoms with E-state index in [0.717, 1.165) is 0 Å². The molecule has 0 aliphatic carbocycles. The van der Waals surface area contributed by atoms with Crippen molar-refractivity contribution in [2.45, 2.75) is 18.4 Å². The number of carbonyl (C=O) groups excluding carboxylic acids is 2. The third-order valence-corrected chi connectivity index (χ3v) is 5.21. The number of rotatable bonds is 2. The van der Waals surface area contributed by atoms with Gasteiger partial charge in [0.15, 0.2) is 0 Å². The SMILES string of the molecule is NC1(C(=O)N2CCN(C(=O)c3cc(Cl)cc(Cl)c3)CC2)CCOCC1. The zero-order valence-corrected chi connectivity index (χ0v) is 15.4. The van der Waals surface area contributed by atoms with E-state index in [1.165, 1.54) is 0 Å². The van der Waals surface area contributed by atoms with Crippen LogP contribution in [-0.2, 0) is 9.53 Å². The van der Waals surface area contributed by atoms with E-state index in [2.05, 4.69) is 0 Å². The number of piperazine rings is 1. The molecule has 0 spiro atoms. The van der Waals surface area contributed by atoms with Crippen molar-refractivity contribution in [3.05, 3.63) is 33.8 Å². The van der Waals surface area contributed by atoms with Crippen LogP contribution >= 0.6 is 23.2 Å². The summed E-state index contributed by atoms with van der Waals surface area (Å²) in [5.74, 6) is -0.182. The van der Waals surface area contributed by atoms with E-state index in [4.69, 9.17) is 33.7 Å². The molecule has 6 nitrogen and oxygen atoms in total. The molecule has 0 radical (unpaired) electrons. The van der Waals surface area contributed by atoms with E-state index in [9.17, 15) is 9.59 Å². The Kier molecular flexibility index (Phi) is 5.53. The highest BCUT2D eigenvalue weighted by Crippen LogP contribution is 2.23. The highest BCUT2D eigenvalue weighted by atomic mass is 35.5. The van der Waals surface area contributed by atoms with Gasteiger partial charge in [-0.15, -0.1) is 0 Å². The zero-order chi connectivity index (χ0) is 18.0. The van der Waals surface area contributed by atoms with Crippen LogP contribution in [0.5, 0.6) is 0 Å². The van der Waals surface area contributed by atoms with Crippen LogP contribution in [-0.4, -0.2) is 66.5 Å². The van der Waals surface area contributed by atoms with Gasteiger partial charge in [-0.05, 0) is 31.0 Å². The van der Waals surface area contributed by atoms with Gasteiger partial charge in [0.25, 0.3) is 5.91 Å². The third kappa shape index (κ3) is 4.08. The first-order valence-electron chi connectivity index (χ1n) is 8.30. The van der Waals surface area contributed by atoms with Gasteiger partial charge in [0, 0.05) is 55.0 Å². The van der Waals surface area contributed by atoms with Gasteiger partial charge >= 0.3 is 0 Å². The summed E-state index contributed by atoms with van der Waals surface area (Å²) in [6.45, 7) is 2.88. The van der Waals surface area contributed by atoms with E-state index in [1.807, 2.05) is 0 Å². The average molecular weight is 386 g/mol. The maximum absolute atomic E-state index is 12.7. The molecule has 0 saturated carbocycles. The fourth-order valence-electron chi connectivity index (χ4n) is 3.24. The molecule has 136 valence electrons. The number of hydrogen-bond donors (Lipinski definition) is 1. The first-order valence-corrected chi connectivity index (χ1v) is 9.06. The summed E-state index contributed by atoms with van der Waals surface area (Å²) in [4.78, 5) is 28.8. The number of hydrogen-bond acceptors (Lipinski definition) is 4. The predicted molar refractivity (Wildman–Crippen MR) is 95.9 cm³/mol. The highest BCUT2D eigenvalue weighted by molar-refractivity contribution is 6.35. The lowest BCUT2D eigenvalue weighted by Crippen LogP contribution is -2.61. The Morgan fingerprint density at radius 3 is 2.04 bits per heavy atom. The van der Waals surface area contributed by atoms with Gasteiger partial charge in [-0.1, -0.05) is 23.2 Å². The van der Waals surface area contributed by atoms with E-state index in [0.29, 0.717) is 67.8 Å². The van der Waals surface area contributed by atoms with Crippen LogP contribution in [0.25, 0.3) is 0 Å². The Bertz CT molecular complexity index is 649. The van der Waals surface area contributed by atoms with Gasteiger partial charge in [-0.3, -0.25) is 9.59 Å². The summed E-state index contributed by atoms with van der Waals surface area (Å²) in [5, 5.41) is 0.850. The number of amides is 2. The van der Waals surface area contributed by atoms with Crippen molar-refractivity contribution >= 4 is 35.0 Å². The minimum absolute atomic E-state index is 0.0475. The smallest absolute Gasteiger partial charge is 0.254 e. The van der Waals surface area contributed by atoms with Gasteiger partial charge in [-0.2, -0.15) is 0 Å². The lowest BCUT2D eigenvalue weighted by Gasteiger charge is -2.41. The van der Waals surface area contributed by atoms with E-state index in [-0.39, 0.29) is 11.8 Å². The number of nitrogens with zero attached hydrogens (tertiary/aromatic N) is 2. The third-order valence-electron chi connectivity index (χ3n) is 4.77. The van der Waals surface area contributed by atoms with Crippen molar-refractivity contribution in [1.29, 1.82) is 0 Å². The van der Waals surface area contributed by atoms with E-state index < -0.39 is 5.54 Å². The largest absolute Gasteiger partial charge is 0.381 e. The van der Waals surface area contributed by atoms with Crippen LogP contribution in [0.2, 0.25) is 10.0 Å². The van der Waals surface area contributed by atoms with Gasteiger partial charge in [0.05, 0.1) is 5.54 Å². The highest BCUT2D eigenvalue weighted by Gasteiger charge is 2.40. The zero-order valence-electron chi connectivity index (χ0n) is 13.8. The van der Waals surface area contributed by atoms with Crippen LogP contribution < -0.4 is 5.73 Å². The minimum atomic E-state index is -0.842. The van der Waals surface area contributed by atoms with Crippen molar-refractivity contribution in [2.75, 3.05) is 39.4 Å². The number of carbonyl (C=O) groups is 2. The van der Waals surface area contributed by atoms with Crippen LogP contribution in [0, 0.1) is 0 Å². The second-order valence-corrected chi connectivity index (χ2v) is 7.38. The lowest BCUT2D eigenvalue weighted by atomic mass is 9.89. The maximum atomic E-state index is 12.7. The minimum Gasteiger partial charge on any atom is -0.381 e. The van der Waals surface area contributed by atoms with Crippen LogP contribution in [0.3, 0.4) is 0 Å². The van der Waals surface area contributed by atoms with E-state index >= 15 is 0 Å². The molecule has 0 atom stereocenters. The first kappa shape index (κ1) is 18.5. The molecule has 2 heterocycles. The van der Waals surface area contributed by atoms with E-state index in [1.54, 1.807) is 28.0 Å². The molecule has 2 fully saturated rings. The molecular weight excluding hydrogens is 365 g/mol. The first-order chi connectivity index (χ1) is 11.9. The molecular formula is C17H21Cl2N3O3. The number of nitrogens with two attached hydrogens (primary N) is 1. The summed E-state index contributed by atoms with van der Waals surface area (Å²) in [6.07, 6.45) is 1.07. The molecule has 2 aliphatic rings. The van der Waals surface area contributed by atoms with Crippen LogP contribution in [0.15, 0.2) is 18.2 Å². The fraction of sp³-hybridized carbons (Fsp3) is 0.529. The summed E-state index contributed by atoms with van der Waals surface area (Å²) in [6, 6.07) is 4.79. The maximum Gasteiger partial charge on any atom is 0.254 e. The Morgan fingerprint density at radius 2 is 1.48 bits per heavy atom. The molecule has 1 aromatic carbocycles. The molecule has 0 unspecified atom stereocenters. The second-order valence-electron chi connectivity index (χ2n) is 6.51. The molecule has 0 aromatic heterocycles. The molecule has 2 saturated heterocycles. The van der Waals surface area contributed by atoms with Crippen molar-refractivity contribution < 1.29 is 14.3 Å². The fourth-order valence-corrected chi connectivity index (χ4v) is 3.76. The Labute approximate surface area is 156 Å². The molecule has 0 bridgehead atoms. The van der Waals surface area contributed by atoms with Crippen molar-refractivity contribution in [2.24, 2.45) is 5.73 Å². The van der Waals surface area contributed by atoms with Crippen molar-refractivity contribution in [3.8, 4) is 0 Å². The molecule has 3 rings (SSSR count). The number of ether oxygens (including phenoxy) is 1. The number of benzene rings is 1. The lowest BCUT2D eigenvalue weighted by molar-refractivity contribution is -0.142. The summed E-state index contributed by atoms with van der Waals surface area (Å²) >= 11 is 11.9. The molecule has 25 heavy (non-hydrogen) atoms. The Hall–Kier alpha value is -1.34. The molecule has 2 amide bonds. The van der Waals surface area contributed by atoms with Crippen LogP contribution in [0.1, 0.15) is 23.2 Å².